The molecule has 2 atom stereocenters. The van der Waals surface area contributed by atoms with Crippen LogP contribution < -0.4 is 10.1 Å². The molecule has 0 bridgehead atoms. The van der Waals surface area contributed by atoms with Gasteiger partial charge in [0.2, 0.25) is 0 Å². The van der Waals surface area contributed by atoms with Gasteiger partial charge >= 0.3 is 5.97 Å². The lowest BCUT2D eigenvalue weighted by Crippen LogP contribution is -2.41. The second-order valence-corrected chi connectivity index (χ2v) is 5.64. The highest BCUT2D eigenvalue weighted by Crippen LogP contribution is 2.21. The molecule has 0 fully saturated rings. The van der Waals surface area contributed by atoms with E-state index in [2.05, 4.69) is 5.32 Å². The van der Waals surface area contributed by atoms with Gasteiger partial charge in [-0.25, -0.2) is 4.79 Å². The lowest BCUT2D eigenvalue weighted by Gasteiger charge is -2.21. The molecule has 2 aromatic rings. The zero-order chi connectivity index (χ0) is 17.7. The van der Waals surface area contributed by atoms with Crippen molar-refractivity contribution in [3.8, 4) is 5.75 Å². The maximum atomic E-state index is 12.3. The Kier molecular flexibility index (Phi) is 5.58. The van der Waals surface area contributed by atoms with E-state index in [-0.39, 0.29) is 0 Å². The number of benzene rings is 2. The molecule has 5 heteroatoms. The largest absolute Gasteiger partial charge is 0.481 e. The molecule has 2 N–H and O–H groups in total. The van der Waals surface area contributed by atoms with Gasteiger partial charge in [-0.15, -0.1) is 0 Å². The molecule has 0 heterocycles. The van der Waals surface area contributed by atoms with E-state index >= 15 is 0 Å². The summed E-state index contributed by atoms with van der Waals surface area (Å²) in [5, 5.41) is 12.1. The first kappa shape index (κ1) is 17.5. The molecule has 0 saturated heterocycles. The van der Waals surface area contributed by atoms with Crippen molar-refractivity contribution in [2.45, 2.75) is 32.9 Å². The molecule has 0 aliphatic carbocycles. The Bertz CT molecular complexity index is 727. The summed E-state index contributed by atoms with van der Waals surface area (Å²) in [6, 6.07) is 13.2. The zero-order valence-electron chi connectivity index (χ0n) is 13.9. The van der Waals surface area contributed by atoms with Crippen LogP contribution >= 0.6 is 0 Å². The monoisotopic (exact) mass is 327 g/mol. The summed E-state index contributed by atoms with van der Waals surface area (Å²) in [4.78, 5) is 24.0. The van der Waals surface area contributed by atoms with Gasteiger partial charge in [0, 0.05) is 0 Å². The Balaban J connectivity index is 2.14. The molecule has 2 aromatic carbocycles. The smallest absolute Gasteiger partial charge is 0.330 e. The van der Waals surface area contributed by atoms with Gasteiger partial charge in [-0.3, -0.25) is 4.79 Å². The van der Waals surface area contributed by atoms with Crippen LogP contribution in [-0.2, 0) is 9.59 Å². The average molecular weight is 327 g/mol. The lowest BCUT2D eigenvalue weighted by atomic mass is 9.97. The van der Waals surface area contributed by atoms with E-state index in [0.717, 1.165) is 11.1 Å². The maximum Gasteiger partial charge on any atom is 0.330 e. The van der Waals surface area contributed by atoms with Crippen LogP contribution in [0, 0.1) is 13.8 Å². The highest BCUT2D eigenvalue weighted by molar-refractivity contribution is 5.87. The number of amides is 1. The molecule has 0 aliphatic heterocycles. The molecule has 0 saturated carbocycles. The molecular weight excluding hydrogens is 306 g/mol. The minimum absolute atomic E-state index is 0.479. The number of hydrogen-bond donors (Lipinski definition) is 2. The summed E-state index contributed by atoms with van der Waals surface area (Å²) in [5.41, 5.74) is 2.39. The first-order valence-electron chi connectivity index (χ1n) is 7.71. The average Bonchev–Trinajstić information content (AvgIpc) is 2.56. The third-order valence-electron chi connectivity index (χ3n) is 3.92. The number of aliphatic carboxylic acids is 1. The van der Waals surface area contributed by atoms with Crippen LogP contribution in [-0.4, -0.2) is 23.1 Å². The molecule has 2 unspecified atom stereocenters. The highest BCUT2D eigenvalue weighted by Gasteiger charge is 2.26. The Hall–Kier alpha value is -2.82. The Labute approximate surface area is 141 Å². The van der Waals surface area contributed by atoms with E-state index in [0.29, 0.717) is 11.3 Å². The normalized spacial score (nSPS) is 13.0. The predicted octanol–water partition coefficient (Wildman–Crippen LogP) is 3.01. The third kappa shape index (κ3) is 4.13. The number of carbonyl (C=O) groups excluding carboxylic acids is 1. The Morgan fingerprint density at radius 1 is 1.04 bits per heavy atom. The summed E-state index contributed by atoms with van der Waals surface area (Å²) < 4.78 is 5.54. The van der Waals surface area contributed by atoms with Crippen molar-refractivity contribution in [1.82, 2.24) is 5.32 Å². The lowest BCUT2D eigenvalue weighted by molar-refractivity contribution is -0.143. The summed E-state index contributed by atoms with van der Waals surface area (Å²) >= 11 is 0. The topological polar surface area (TPSA) is 75.6 Å². The van der Waals surface area contributed by atoms with Crippen LogP contribution in [0.15, 0.2) is 48.5 Å². The number of carbonyl (C=O) groups is 2. The molecular formula is C19H21NO4. The van der Waals surface area contributed by atoms with Crippen LogP contribution in [0.5, 0.6) is 5.75 Å². The zero-order valence-corrected chi connectivity index (χ0v) is 13.9. The minimum atomic E-state index is -1.11. The van der Waals surface area contributed by atoms with E-state index in [1.54, 1.807) is 43.3 Å². The molecule has 2 rings (SSSR count). The van der Waals surface area contributed by atoms with Crippen molar-refractivity contribution in [3.63, 3.8) is 0 Å². The number of nitrogens with one attached hydrogen (secondary N) is 1. The third-order valence-corrected chi connectivity index (χ3v) is 3.92. The summed E-state index contributed by atoms with van der Waals surface area (Å²) in [7, 11) is 0. The minimum Gasteiger partial charge on any atom is -0.481 e. The van der Waals surface area contributed by atoms with E-state index in [1.165, 1.54) is 0 Å². The van der Waals surface area contributed by atoms with Crippen molar-refractivity contribution in [1.29, 1.82) is 0 Å². The number of aryl methyl sites for hydroxylation is 1. The van der Waals surface area contributed by atoms with E-state index in [4.69, 9.17) is 4.74 Å². The molecule has 0 spiro atoms. The summed E-state index contributed by atoms with van der Waals surface area (Å²) in [6.45, 7) is 5.34. The van der Waals surface area contributed by atoms with Gasteiger partial charge in [0.25, 0.3) is 5.91 Å². The number of rotatable bonds is 6. The Morgan fingerprint density at radius 2 is 1.71 bits per heavy atom. The van der Waals surface area contributed by atoms with Crippen LogP contribution in [0.1, 0.15) is 29.7 Å². The van der Waals surface area contributed by atoms with Crippen LogP contribution in [0.4, 0.5) is 0 Å². The molecule has 0 aromatic heterocycles. The van der Waals surface area contributed by atoms with Crippen LogP contribution in [0.25, 0.3) is 0 Å². The molecule has 5 nitrogen and oxygen atoms in total. The van der Waals surface area contributed by atoms with E-state index in [1.807, 2.05) is 26.0 Å². The second kappa shape index (κ2) is 7.64. The second-order valence-electron chi connectivity index (χ2n) is 5.64. The van der Waals surface area contributed by atoms with E-state index < -0.39 is 24.0 Å². The van der Waals surface area contributed by atoms with Gasteiger partial charge in [0.15, 0.2) is 12.1 Å². The quantitative estimate of drug-likeness (QED) is 0.855. The summed E-state index contributed by atoms with van der Waals surface area (Å²) in [5.74, 6) is -1.03. The fourth-order valence-corrected chi connectivity index (χ4v) is 2.38. The number of para-hydroxylation sites is 1. The molecule has 126 valence electrons. The van der Waals surface area contributed by atoms with Gasteiger partial charge in [0.1, 0.15) is 5.75 Å². The SMILES string of the molecule is Cc1cccc(C(NC(=O)C(C)Oc2ccccc2)C(=O)O)c1C. The van der Waals surface area contributed by atoms with Gasteiger partial charge in [0.05, 0.1) is 0 Å². The van der Waals surface area contributed by atoms with Crippen LogP contribution in [0.2, 0.25) is 0 Å². The van der Waals surface area contributed by atoms with Crippen molar-refractivity contribution in [3.05, 3.63) is 65.2 Å². The van der Waals surface area contributed by atoms with Crippen LogP contribution in [0.3, 0.4) is 0 Å². The first-order valence-corrected chi connectivity index (χ1v) is 7.71. The van der Waals surface area contributed by atoms with Crippen molar-refractivity contribution < 1.29 is 19.4 Å². The van der Waals surface area contributed by atoms with Gasteiger partial charge in [-0.1, -0.05) is 36.4 Å². The van der Waals surface area contributed by atoms with Crippen molar-refractivity contribution in [2.24, 2.45) is 0 Å². The number of ether oxygens (including phenoxy) is 1. The van der Waals surface area contributed by atoms with E-state index in [9.17, 15) is 14.7 Å². The van der Waals surface area contributed by atoms with Gasteiger partial charge < -0.3 is 15.2 Å². The van der Waals surface area contributed by atoms with Crippen molar-refractivity contribution >= 4 is 11.9 Å². The van der Waals surface area contributed by atoms with Gasteiger partial charge in [-0.2, -0.15) is 0 Å². The number of carboxylic acids is 1. The number of carboxylic acid groups (broad SMARTS) is 1. The summed E-state index contributed by atoms with van der Waals surface area (Å²) in [6.07, 6.45) is -0.806. The maximum absolute atomic E-state index is 12.3. The first-order chi connectivity index (χ1) is 11.4. The molecule has 0 radical (unpaired) electrons. The highest BCUT2D eigenvalue weighted by atomic mass is 16.5. The number of hydrogen-bond acceptors (Lipinski definition) is 3. The fraction of sp³-hybridized carbons (Fsp3) is 0.263. The van der Waals surface area contributed by atoms with Crippen molar-refractivity contribution in [2.75, 3.05) is 0 Å². The fourth-order valence-electron chi connectivity index (χ4n) is 2.38. The molecule has 1 amide bonds. The molecule has 0 aliphatic rings. The standard InChI is InChI=1S/C19H21NO4/c1-12-8-7-11-16(13(12)2)17(19(22)23)20-18(21)14(3)24-15-9-5-4-6-10-15/h4-11,14,17H,1-3H3,(H,20,21)(H,22,23). The van der Waals surface area contributed by atoms with Gasteiger partial charge in [-0.05, 0) is 49.6 Å². The predicted molar refractivity (Wildman–Crippen MR) is 91.0 cm³/mol. The molecule has 24 heavy (non-hydrogen) atoms. The Morgan fingerprint density at radius 3 is 2.33 bits per heavy atom.